The minimum absolute atomic E-state index is 0.182. The molecule has 0 bridgehead atoms. The van der Waals surface area contributed by atoms with Gasteiger partial charge in [-0.05, 0) is 61.1 Å². The van der Waals surface area contributed by atoms with Crippen molar-refractivity contribution in [2.75, 3.05) is 0 Å². The van der Waals surface area contributed by atoms with Crippen molar-refractivity contribution < 1.29 is 4.79 Å². The number of aromatic nitrogens is 3. The van der Waals surface area contributed by atoms with E-state index in [0.29, 0.717) is 12.8 Å². The van der Waals surface area contributed by atoms with Crippen LogP contribution in [0.15, 0.2) is 29.3 Å². The lowest BCUT2D eigenvalue weighted by Crippen LogP contribution is -2.10. The van der Waals surface area contributed by atoms with Crippen LogP contribution in [0.2, 0.25) is 0 Å². The van der Waals surface area contributed by atoms with Gasteiger partial charge in [-0.2, -0.15) is 0 Å². The fourth-order valence-electron chi connectivity index (χ4n) is 3.49. The van der Waals surface area contributed by atoms with Crippen LogP contribution in [0.5, 0.6) is 0 Å². The summed E-state index contributed by atoms with van der Waals surface area (Å²) >= 11 is 4.05. The molecule has 28 heavy (non-hydrogen) atoms. The molecule has 4 rings (SSSR count). The minimum atomic E-state index is -0.331. The van der Waals surface area contributed by atoms with Gasteiger partial charge in [0.1, 0.15) is 22.7 Å². The maximum atomic E-state index is 12.3. The Bertz CT molecular complexity index is 1090. The van der Waals surface area contributed by atoms with Crippen LogP contribution in [-0.2, 0) is 4.79 Å². The molecule has 0 saturated carbocycles. The topological polar surface area (TPSA) is 60.1 Å². The van der Waals surface area contributed by atoms with Gasteiger partial charge in [-0.1, -0.05) is 19.1 Å². The average Bonchev–Trinajstić information content (AvgIpc) is 3.15. The lowest BCUT2D eigenvalue weighted by Gasteiger charge is -2.12. The Kier molecular flexibility index (Phi) is 5.22. The molecule has 0 saturated heterocycles. The Labute approximate surface area is 182 Å². The Morgan fingerprint density at radius 1 is 1.18 bits per heavy atom. The molecule has 0 N–H and O–H groups in total. The van der Waals surface area contributed by atoms with Crippen molar-refractivity contribution in [3.63, 3.8) is 0 Å². The van der Waals surface area contributed by atoms with E-state index in [9.17, 15) is 4.79 Å². The van der Waals surface area contributed by atoms with Gasteiger partial charge in [0.05, 0.1) is 5.71 Å². The van der Waals surface area contributed by atoms with E-state index >= 15 is 0 Å². The van der Waals surface area contributed by atoms with Crippen molar-refractivity contribution in [2.24, 2.45) is 4.99 Å². The van der Waals surface area contributed by atoms with E-state index in [1.54, 1.807) is 11.3 Å². The van der Waals surface area contributed by atoms with E-state index in [-0.39, 0.29) is 11.8 Å². The van der Waals surface area contributed by atoms with Crippen molar-refractivity contribution in [3.8, 4) is 5.00 Å². The van der Waals surface area contributed by atoms with Crippen LogP contribution in [0.3, 0.4) is 0 Å². The average molecular weight is 504 g/mol. The summed E-state index contributed by atoms with van der Waals surface area (Å²) in [5, 5.41) is 9.83. The molecule has 0 fully saturated rings. The molecule has 3 aromatic rings. The zero-order valence-corrected chi connectivity index (χ0v) is 19.3. The molecule has 3 heterocycles. The third-order valence-corrected chi connectivity index (χ3v) is 7.08. The third-order valence-electron chi connectivity index (χ3n) is 5.17. The normalized spacial score (nSPS) is 15.6. The molecule has 7 heteroatoms. The zero-order valence-electron chi connectivity index (χ0n) is 16.3. The number of nitrogens with zero attached hydrogens (tertiary/aromatic N) is 4. The van der Waals surface area contributed by atoms with Gasteiger partial charge in [-0.25, -0.2) is 0 Å². The van der Waals surface area contributed by atoms with E-state index in [1.807, 2.05) is 13.8 Å². The predicted molar refractivity (Wildman–Crippen MR) is 121 cm³/mol. The second-order valence-corrected chi connectivity index (χ2v) is 9.45. The monoisotopic (exact) mass is 504 g/mol. The summed E-state index contributed by atoms with van der Waals surface area (Å²) in [6.07, 6.45) is 0.841. The molecule has 0 spiro atoms. The van der Waals surface area contributed by atoms with Gasteiger partial charge < -0.3 is 0 Å². The summed E-state index contributed by atoms with van der Waals surface area (Å²) in [7, 11) is 0. The second kappa shape index (κ2) is 7.51. The molecule has 0 aliphatic carbocycles. The third kappa shape index (κ3) is 3.24. The molecule has 5 nitrogen and oxygen atoms in total. The van der Waals surface area contributed by atoms with Crippen LogP contribution in [0.1, 0.15) is 59.0 Å². The van der Waals surface area contributed by atoms with Crippen molar-refractivity contribution in [2.45, 2.75) is 46.6 Å². The number of aryl methyl sites for hydroxylation is 2. The van der Waals surface area contributed by atoms with Gasteiger partial charge in [0, 0.05) is 32.4 Å². The number of rotatable bonds is 4. The molecule has 1 atom stereocenters. The van der Waals surface area contributed by atoms with Gasteiger partial charge in [0.25, 0.3) is 0 Å². The van der Waals surface area contributed by atoms with Crippen molar-refractivity contribution in [3.05, 3.63) is 61.1 Å². The maximum absolute atomic E-state index is 12.3. The highest BCUT2D eigenvalue weighted by atomic mass is 127. The first kappa shape index (κ1) is 19.4. The highest BCUT2D eigenvalue weighted by Gasteiger charge is 2.32. The SMILES string of the molecule is CCC(=O)C[C@@H]1N=C(c2ccc(I)cc2)c2c(sc(C)c2C)-n2c(C)nnc21. The quantitative estimate of drug-likeness (QED) is 0.464. The maximum Gasteiger partial charge on any atom is 0.163 e. The van der Waals surface area contributed by atoms with Gasteiger partial charge in [0.15, 0.2) is 5.82 Å². The number of carbonyl (C=O) groups is 1. The van der Waals surface area contributed by atoms with Gasteiger partial charge in [-0.3, -0.25) is 14.4 Å². The van der Waals surface area contributed by atoms with Crippen LogP contribution in [0.4, 0.5) is 0 Å². The lowest BCUT2D eigenvalue weighted by atomic mass is 9.99. The number of Topliss-reactive ketones (excluding diaryl/α,β-unsaturated/α-hetero) is 1. The largest absolute Gasteiger partial charge is 0.300 e. The highest BCUT2D eigenvalue weighted by molar-refractivity contribution is 14.1. The van der Waals surface area contributed by atoms with Crippen molar-refractivity contribution in [1.82, 2.24) is 14.8 Å². The van der Waals surface area contributed by atoms with Gasteiger partial charge >= 0.3 is 0 Å². The first-order valence-corrected chi connectivity index (χ1v) is 11.2. The molecule has 2 aromatic heterocycles. The summed E-state index contributed by atoms with van der Waals surface area (Å²) in [6.45, 7) is 8.13. The number of aliphatic imine (C=N–C) groups is 1. The van der Waals surface area contributed by atoms with Crippen LogP contribution in [0.25, 0.3) is 5.00 Å². The van der Waals surface area contributed by atoms with Crippen molar-refractivity contribution in [1.29, 1.82) is 0 Å². The number of hydrogen-bond donors (Lipinski definition) is 0. The number of hydrogen-bond acceptors (Lipinski definition) is 5. The molecule has 0 unspecified atom stereocenters. The Morgan fingerprint density at radius 3 is 2.57 bits per heavy atom. The molecule has 144 valence electrons. The summed E-state index contributed by atoms with van der Waals surface area (Å²) in [5.41, 5.74) is 4.35. The Morgan fingerprint density at radius 2 is 1.89 bits per heavy atom. The fraction of sp³-hybridized carbons (Fsp3) is 0.333. The zero-order chi connectivity index (χ0) is 20.0. The molecule has 0 amide bonds. The van der Waals surface area contributed by atoms with E-state index in [4.69, 9.17) is 4.99 Å². The number of ketones is 1. The van der Waals surface area contributed by atoms with Gasteiger partial charge in [-0.15, -0.1) is 21.5 Å². The van der Waals surface area contributed by atoms with E-state index in [0.717, 1.165) is 33.5 Å². The Balaban J connectivity index is 2.01. The first-order chi connectivity index (χ1) is 13.4. The summed E-state index contributed by atoms with van der Waals surface area (Å²) in [6, 6.07) is 8.07. The summed E-state index contributed by atoms with van der Waals surface area (Å²) in [4.78, 5) is 18.7. The van der Waals surface area contributed by atoms with Crippen LogP contribution in [0, 0.1) is 24.3 Å². The van der Waals surface area contributed by atoms with E-state index in [1.165, 1.54) is 14.0 Å². The number of thiophene rings is 1. The number of benzene rings is 1. The molecule has 1 aliphatic heterocycles. The number of carbonyl (C=O) groups excluding carboxylic acids is 1. The number of halogens is 1. The lowest BCUT2D eigenvalue weighted by molar-refractivity contribution is -0.119. The van der Waals surface area contributed by atoms with Crippen LogP contribution in [-0.4, -0.2) is 26.3 Å². The molecule has 0 radical (unpaired) electrons. The molecule has 1 aromatic carbocycles. The summed E-state index contributed by atoms with van der Waals surface area (Å²) < 4.78 is 3.27. The number of fused-ring (bicyclic) bond motifs is 3. The van der Waals surface area contributed by atoms with E-state index < -0.39 is 0 Å². The molecular weight excluding hydrogens is 483 g/mol. The van der Waals surface area contributed by atoms with Gasteiger partial charge in [0.2, 0.25) is 0 Å². The molecular formula is C21H21IN4OS. The first-order valence-electron chi connectivity index (χ1n) is 9.28. The predicted octanol–water partition coefficient (Wildman–Crippen LogP) is 5.12. The van der Waals surface area contributed by atoms with Crippen molar-refractivity contribution >= 4 is 45.4 Å². The molecule has 1 aliphatic rings. The van der Waals surface area contributed by atoms with Crippen LogP contribution < -0.4 is 0 Å². The van der Waals surface area contributed by atoms with E-state index in [2.05, 4.69) is 75.5 Å². The standard InChI is InChI=1S/C21H21IN4OS/c1-5-16(27)10-17-20-25-24-13(4)26(20)21-18(11(2)12(3)28-21)19(23-17)14-6-8-15(22)9-7-14/h6-9,17H,5,10H2,1-4H3/t17-/m0/s1. The fourth-order valence-corrected chi connectivity index (χ4v) is 5.07. The summed E-state index contributed by atoms with van der Waals surface area (Å²) in [5.74, 6) is 1.76. The highest BCUT2D eigenvalue weighted by Crippen LogP contribution is 2.39. The minimum Gasteiger partial charge on any atom is -0.300 e. The van der Waals surface area contributed by atoms with Crippen LogP contribution >= 0.6 is 33.9 Å². The second-order valence-electron chi connectivity index (χ2n) is 7.00. The Hall–Kier alpha value is -1.87. The smallest absolute Gasteiger partial charge is 0.163 e.